The van der Waals surface area contributed by atoms with Gasteiger partial charge in [0, 0.05) is 45.0 Å². The average molecular weight is 478 g/mol. The zero-order valence-corrected chi connectivity index (χ0v) is 19.1. The van der Waals surface area contributed by atoms with E-state index in [1.54, 1.807) is 0 Å². The van der Waals surface area contributed by atoms with Crippen LogP contribution in [0, 0.1) is 0 Å². The quantitative estimate of drug-likeness (QED) is 0.282. The summed E-state index contributed by atoms with van der Waals surface area (Å²) in [6, 6.07) is 0.610. The van der Waals surface area contributed by atoms with Gasteiger partial charge in [-0.25, -0.2) is 0 Å². The van der Waals surface area contributed by atoms with Gasteiger partial charge >= 0.3 is 0 Å². The Morgan fingerprint density at radius 3 is 2.85 bits per heavy atom. The molecule has 1 aliphatic heterocycles. The van der Waals surface area contributed by atoms with Gasteiger partial charge in [0.1, 0.15) is 6.10 Å². The van der Waals surface area contributed by atoms with Crippen LogP contribution in [0.2, 0.25) is 0 Å². The molecule has 7 nitrogen and oxygen atoms in total. The van der Waals surface area contributed by atoms with Crippen LogP contribution in [-0.4, -0.2) is 78.5 Å². The lowest BCUT2D eigenvalue weighted by Crippen LogP contribution is -2.48. The Morgan fingerprint density at radius 1 is 1.46 bits per heavy atom. The monoisotopic (exact) mass is 478 g/mol. The van der Waals surface area contributed by atoms with Crippen molar-refractivity contribution in [2.24, 2.45) is 12.0 Å². The largest absolute Gasteiger partial charge is 0.370 e. The minimum Gasteiger partial charge on any atom is -0.370 e. The molecule has 1 atom stereocenters. The molecule has 0 radical (unpaired) electrons. The van der Waals surface area contributed by atoms with Crippen LogP contribution in [0.1, 0.15) is 38.4 Å². The summed E-state index contributed by atoms with van der Waals surface area (Å²) in [5.74, 6) is 0.967. The Morgan fingerprint density at radius 2 is 2.23 bits per heavy atom. The van der Waals surface area contributed by atoms with Gasteiger partial charge in [-0.1, -0.05) is 0 Å². The molecule has 1 N–H and O–H groups in total. The third kappa shape index (κ3) is 7.03. The lowest BCUT2D eigenvalue weighted by molar-refractivity contribution is -0.00802. The van der Waals surface area contributed by atoms with Crippen LogP contribution in [0.3, 0.4) is 0 Å². The van der Waals surface area contributed by atoms with Crippen molar-refractivity contribution in [1.82, 2.24) is 24.9 Å². The normalized spacial score (nSPS) is 18.3. The maximum atomic E-state index is 5.91. The number of rotatable bonds is 7. The first-order valence-corrected chi connectivity index (χ1v) is 9.27. The van der Waals surface area contributed by atoms with Gasteiger partial charge in [-0.2, -0.15) is 5.10 Å². The highest BCUT2D eigenvalue weighted by Gasteiger charge is 2.24. The highest BCUT2D eigenvalue weighted by molar-refractivity contribution is 14.0. The van der Waals surface area contributed by atoms with Crippen molar-refractivity contribution in [3.05, 3.63) is 18.0 Å². The third-order valence-corrected chi connectivity index (χ3v) is 4.78. The number of guanidine groups is 1. The van der Waals surface area contributed by atoms with Crippen LogP contribution in [-0.2, 0) is 11.8 Å². The van der Waals surface area contributed by atoms with Gasteiger partial charge in [-0.05, 0) is 40.3 Å². The first-order chi connectivity index (χ1) is 12.0. The second-order valence-electron chi connectivity index (χ2n) is 7.01. The van der Waals surface area contributed by atoms with Crippen LogP contribution < -0.4 is 5.32 Å². The summed E-state index contributed by atoms with van der Waals surface area (Å²) in [6.45, 7) is 8.94. The molecule has 0 spiro atoms. The van der Waals surface area contributed by atoms with Crippen molar-refractivity contribution in [2.45, 2.75) is 38.8 Å². The third-order valence-electron chi connectivity index (χ3n) is 4.78. The van der Waals surface area contributed by atoms with Crippen LogP contribution >= 0.6 is 24.0 Å². The second-order valence-corrected chi connectivity index (χ2v) is 7.01. The highest BCUT2D eigenvalue weighted by atomic mass is 127. The first kappa shape index (κ1) is 23.2. The number of hydrogen-bond acceptors (Lipinski definition) is 4. The molecule has 1 aromatic heterocycles. The predicted molar refractivity (Wildman–Crippen MR) is 117 cm³/mol. The fourth-order valence-corrected chi connectivity index (χ4v) is 2.93. The fraction of sp³-hybridized carbons (Fsp3) is 0.778. The maximum Gasteiger partial charge on any atom is 0.193 e. The molecule has 1 unspecified atom stereocenters. The zero-order chi connectivity index (χ0) is 18.2. The molecule has 26 heavy (non-hydrogen) atoms. The van der Waals surface area contributed by atoms with E-state index in [1.807, 2.05) is 31.2 Å². The van der Waals surface area contributed by atoms with E-state index in [1.165, 1.54) is 6.42 Å². The van der Waals surface area contributed by atoms with E-state index in [0.29, 0.717) is 12.6 Å². The van der Waals surface area contributed by atoms with Gasteiger partial charge in [-0.15, -0.1) is 24.0 Å². The Balaban J connectivity index is 0.00000338. The van der Waals surface area contributed by atoms with E-state index in [9.17, 15) is 0 Å². The van der Waals surface area contributed by atoms with Crippen molar-refractivity contribution >= 4 is 29.9 Å². The summed E-state index contributed by atoms with van der Waals surface area (Å²) >= 11 is 0. The smallest absolute Gasteiger partial charge is 0.193 e. The van der Waals surface area contributed by atoms with E-state index >= 15 is 0 Å². The molecule has 1 aromatic rings. The molecule has 0 aliphatic carbocycles. The number of hydrogen-bond donors (Lipinski definition) is 1. The van der Waals surface area contributed by atoms with Gasteiger partial charge in [0.25, 0.3) is 0 Å². The lowest BCUT2D eigenvalue weighted by atomic mass is 10.1. The summed E-state index contributed by atoms with van der Waals surface area (Å²) in [5, 5.41) is 7.75. The number of aliphatic imine (C=N–C) groups is 1. The Kier molecular flexibility index (Phi) is 10.5. The van der Waals surface area contributed by atoms with Gasteiger partial charge in [0.05, 0.1) is 19.3 Å². The Hall–Kier alpha value is -0.870. The zero-order valence-electron chi connectivity index (χ0n) is 16.8. The van der Waals surface area contributed by atoms with E-state index in [-0.39, 0.29) is 30.1 Å². The molecule has 0 amide bonds. The number of unbranched alkanes of at least 4 members (excludes halogenated alkanes) is 1. The molecule has 1 saturated heterocycles. The first-order valence-electron chi connectivity index (χ1n) is 9.27. The summed E-state index contributed by atoms with van der Waals surface area (Å²) in [6.07, 6.45) is 6.30. The van der Waals surface area contributed by atoms with Crippen LogP contribution in [0.4, 0.5) is 0 Å². The number of aromatic nitrogens is 2. The number of nitrogens with zero attached hydrogens (tertiary/aromatic N) is 5. The summed E-state index contributed by atoms with van der Waals surface area (Å²) in [5.41, 5.74) is 1.12. The molecule has 1 fully saturated rings. The minimum atomic E-state index is 0. The van der Waals surface area contributed by atoms with E-state index in [2.05, 4.69) is 46.1 Å². The molecule has 2 rings (SSSR count). The molecule has 0 bridgehead atoms. The van der Waals surface area contributed by atoms with Crippen LogP contribution in [0.5, 0.6) is 0 Å². The molecule has 1 aliphatic rings. The Labute approximate surface area is 175 Å². The number of nitrogens with one attached hydrogen (secondary N) is 1. The molecular formula is C18H35IN6O. The molecule has 150 valence electrons. The van der Waals surface area contributed by atoms with Crippen molar-refractivity contribution in [3.8, 4) is 0 Å². The molecule has 0 aromatic carbocycles. The number of morpholine rings is 1. The van der Waals surface area contributed by atoms with Gasteiger partial charge in [0.15, 0.2) is 5.96 Å². The van der Waals surface area contributed by atoms with Crippen molar-refractivity contribution in [1.29, 1.82) is 0 Å². The average Bonchev–Trinajstić information content (AvgIpc) is 3.04. The Bertz CT molecular complexity index is 548. The summed E-state index contributed by atoms with van der Waals surface area (Å²) in [7, 11) is 5.97. The maximum absolute atomic E-state index is 5.91. The van der Waals surface area contributed by atoms with Crippen molar-refractivity contribution in [2.75, 3.05) is 46.9 Å². The minimum absolute atomic E-state index is 0. The second kappa shape index (κ2) is 11.8. The van der Waals surface area contributed by atoms with Crippen LogP contribution in [0.25, 0.3) is 0 Å². The van der Waals surface area contributed by atoms with Crippen molar-refractivity contribution in [3.63, 3.8) is 0 Å². The lowest BCUT2D eigenvalue weighted by Gasteiger charge is -2.34. The summed E-state index contributed by atoms with van der Waals surface area (Å²) in [4.78, 5) is 9.11. The standard InChI is InChI=1S/C18H34N6O.HI/c1-15(2)22(4)9-7-6-8-20-18(19-3)24-10-11-25-17(14-24)16-12-21-23(5)13-16;/h12-13,15,17H,6-11,14H2,1-5H3,(H,19,20);1H. The van der Waals surface area contributed by atoms with Gasteiger partial charge in [0.2, 0.25) is 0 Å². The molecule has 2 heterocycles. The molecule has 0 saturated carbocycles. The van der Waals surface area contributed by atoms with Crippen molar-refractivity contribution < 1.29 is 4.74 Å². The highest BCUT2D eigenvalue weighted by Crippen LogP contribution is 2.21. The van der Waals surface area contributed by atoms with Gasteiger partial charge < -0.3 is 19.9 Å². The van der Waals surface area contributed by atoms with Gasteiger partial charge in [-0.3, -0.25) is 9.67 Å². The number of halogens is 1. The SMILES string of the molecule is CN=C(NCCCCN(C)C(C)C)N1CCOC(c2cnn(C)c2)C1.I. The molecular weight excluding hydrogens is 443 g/mol. The van der Waals surface area contributed by atoms with E-state index in [4.69, 9.17) is 4.74 Å². The van der Waals surface area contributed by atoms with Crippen LogP contribution in [0.15, 0.2) is 17.4 Å². The fourth-order valence-electron chi connectivity index (χ4n) is 2.93. The topological polar surface area (TPSA) is 57.9 Å². The molecule has 8 heteroatoms. The summed E-state index contributed by atoms with van der Waals surface area (Å²) < 4.78 is 7.73. The number of aryl methyl sites for hydroxylation is 1. The predicted octanol–water partition coefficient (Wildman–Crippen LogP) is 2.11. The number of ether oxygens (including phenoxy) is 1. The van der Waals surface area contributed by atoms with E-state index in [0.717, 1.165) is 44.1 Å². The van der Waals surface area contributed by atoms with E-state index < -0.39 is 0 Å².